The summed E-state index contributed by atoms with van der Waals surface area (Å²) in [7, 11) is 0. The van der Waals surface area contributed by atoms with Crippen LogP contribution in [0.4, 0.5) is 8.78 Å². The number of nitrogens with zero attached hydrogens (tertiary/aromatic N) is 2. The third-order valence-electron chi connectivity index (χ3n) is 5.27. The van der Waals surface area contributed by atoms with Crippen LogP contribution in [0.25, 0.3) is 11.1 Å². The zero-order valence-corrected chi connectivity index (χ0v) is 15.6. The average molecular weight is 381 g/mol. The highest BCUT2D eigenvalue weighted by molar-refractivity contribution is 5.94. The second kappa shape index (κ2) is 7.54. The second-order valence-electron chi connectivity index (χ2n) is 7.28. The van der Waals surface area contributed by atoms with Crippen molar-refractivity contribution in [1.29, 1.82) is 0 Å². The summed E-state index contributed by atoms with van der Waals surface area (Å²) in [5.41, 5.74) is 4.00. The summed E-state index contributed by atoms with van der Waals surface area (Å²) in [6.45, 7) is 3.01. The lowest BCUT2D eigenvalue weighted by molar-refractivity contribution is 0.0700. The van der Waals surface area contributed by atoms with Crippen LogP contribution in [0.15, 0.2) is 48.7 Å². The van der Waals surface area contributed by atoms with Crippen LogP contribution >= 0.6 is 0 Å². The summed E-state index contributed by atoms with van der Waals surface area (Å²) in [5.74, 6) is -1.73. The smallest absolute Gasteiger partial charge is 0.256 e. The van der Waals surface area contributed by atoms with Crippen molar-refractivity contribution in [3.05, 3.63) is 77.1 Å². The van der Waals surface area contributed by atoms with Crippen molar-refractivity contribution in [1.82, 2.24) is 15.1 Å². The van der Waals surface area contributed by atoms with Gasteiger partial charge in [0.2, 0.25) is 0 Å². The highest BCUT2D eigenvalue weighted by atomic mass is 19.1. The van der Waals surface area contributed by atoms with Gasteiger partial charge in [-0.25, -0.2) is 8.78 Å². The maximum absolute atomic E-state index is 14.0. The zero-order chi connectivity index (χ0) is 19.7. The molecule has 3 aromatic rings. The first-order chi connectivity index (χ1) is 13.5. The SMILES string of the molecule is Cc1cccc(-c2cn[nH]c2C2CCCN(C(=O)c3cc(F)ccc3F)C2)c1. The van der Waals surface area contributed by atoms with E-state index in [1.807, 2.05) is 25.1 Å². The predicted molar refractivity (Wildman–Crippen MR) is 103 cm³/mol. The number of rotatable bonds is 3. The van der Waals surface area contributed by atoms with Crippen LogP contribution in [0.2, 0.25) is 0 Å². The number of carbonyl (C=O) groups is 1. The van der Waals surface area contributed by atoms with E-state index in [1.54, 1.807) is 11.1 Å². The normalized spacial score (nSPS) is 17.0. The summed E-state index contributed by atoms with van der Waals surface area (Å²) < 4.78 is 27.5. The maximum atomic E-state index is 14.0. The van der Waals surface area contributed by atoms with Crippen LogP contribution in [0.1, 0.15) is 40.4 Å². The summed E-state index contributed by atoms with van der Waals surface area (Å²) in [5, 5.41) is 7.31. The van der Waals surface area contributed by atoms with Crippen molar-refractivity contribution in [3.63, 3.8) is 0 Å². The average Bonchev–Trinajstić information content (AvgIpc) is 3.19. The number of benzene rings is 2. The maximum Gasteiger partial charge on any atom is 0.256 e. The van der Waals surface area contributed by atoms with Gasteiger partial charge < -0.3 is 4.90 Å². The van der Waals surface area contributed by atoms with Crippen LogP contribution in [0.5, 0.6) is 0 Å². The van der Waals surface area contributed by atoms with Crippen LogP contribution in [-0.2, 0) is 0 Å². The molecule has 1 fully saturated rings. The van der Waals surface area contributed by atoms with E-state index in [2.05, 4.69) is 16.3 Å². The number of nitrogens with one attached hydrogen (secondary N) is 1. The fourth-order valence-electron chi connectivity index (χ4n) is 3.88. The van der Waals surface area contributed by atoms with Crippen molar-refractivity contribution in [2.75, 3.05) is 13.1 Å². The Morgan fingerprint density at radius 3 is 2.89 bits per heavy atom. The van der Waals surface area contributed by atoms with Crippen molar-refractivity contribution < 1.29 is 13.6 Å². The van der Waals surface area contributed by atoms with Gasteiger partial charge in [0.1, 0.15) is 11.6 Å². The van der Waals surface area contributed by atoms with Gasteiger partial charge in [0.05, 0.1) is 11.8 Å². The molecule has 1 saturated heterocycles. The molecule has 1 unspecified atom stereocenters. The molecule has 2 aromatic carbocycles. The van der Waals surface area contributed by atoms with E-state index < -0.39 is 17.5 Å². The number of halogens is 2. The highest BCUT2D eigenvalue weighted by Gasteiger charge is 2.29. The number of H-pyrrole nitrogens is 1. The van der Waals surface area contributed by atoms with Crippen molar-refractivity contribution in [3.8, 4) is 11.1 Å². The van der Waals surface area contributed by atoms with E-state index in [4.69, 9.17) is 0 Å². The van der Waals surface area contributed by atoms with Gasteiger partial charge in [0.15, 0.2) is 0 Å². The molecule has 144 valence electrons. The van der Waals surface area contributed by atoms with Gasteiger partial charge in [0.25, 0.3) is 5.91 Å². The summed E-state index contributed by atoms with van der Waals surface area (Å²) in [4.78, 5) is 14.4. The molecule has 4 rings (SSSR count). The monoisotopic (exact) mass is 381 g/mol. The van der Waals surface area contributed by atoms with E-state index in [-0.39, 0.29) is 11.5 Å². The molecular weight excluding hydrogens is 360 g/mol. The molecule has 0 spiro atoms. The predicted octanol–water partition coefficient (Wildman–Crippen LogP) is 4.68. The number of likely N-dealkylation sites (tertiary alicyclic amines) is 1. The third kappa shape index (κ3) is 3.54. The summed E-state index contributed by atoms with van der Waals surface area (Å²) in [6.07, 6.45) is 3.49. The number of amides is 1. The van der Waals surface area contributed by atoms with Crippen LogP contribution in [0.3, 0.4) is 0 Å². The largest absolute Gasteiger partial charge is 0.338 e. The third-order valence-corrected chi connectivity index (χ3v) is 5.27. The van der Waals surface area contributed by atoms with Gasteiger partial charge in [0, 0.05) is 30.3 Å². The molecule has 2 heterocycles. The minimum Gasteiger partial charge on any atom is -0.338 e. The molecule has 0 bridgehead atoms. The molecule has 1 aliphatic rings. The van der Waals surface area contributed by atoms with E-state index in [1.165, 1.54) is 0 Å². The van der Waals surface area contributed by atoms with Gasteiger partial charge in [-0.3, -0.25) is 9.89 Å². The molecular formula is C22H21F2N3O. The van der Waals surface area contributed by atoms with Crippen molar-refractivity contribution in [2.24, 2.45) is 0 Å². The second-order valence-corrected chi connectivity index (χ2v) is 7.28. The van der Waals surface area contributed by atoms with E-state index in [9.17, 15) is 13.6 Å². The van der Waals surface area contributed by atoms with Crippen molar-refractivity contribution in [2.45, 2.75) is 25.7 Å². The molecule has 0 saturated carbocycles. The molecule has 28 heavy (non-hydrogen) atoms. The number of aromatic amines is 1. The Morgan fingerprint density at radius 2 is 2.07 bits per heavy atom. The fraction of sp³-hybridized carbons (Fsp3) is 0.273. The van der Waals surface area contributed by atoms with Gasteiger partial charge in [-0.05, 0) is 43.5 Å². The first-order valence-electron chi connectivity index (χ1n) is 9.37. The van der Waals surface area contributed by atoms with Crippen LogP contribution < -0.4 is 0 Å². The number of hydrogen-bond acceptors (Lipinski definition) is 2. The van der Waals surface area contributed by atoms with Gasteiger partial charge in [-0.15, -0.1) is 0 Å². The quantitative estimate of drug-likeness (QED) is 0.716. The topological polar surface area (TPSA) is 49.0 Å². The molecule has 1 aromatic heterocycles. The lowest BCUT2D eigenvalue weighted by Crippen LogP contribution is -2.39. The number of aromatic nitrogens is 2. The molecule has 1 amide bonds. The zero-order valence-electron chi connectivity index (χ0n) is 15.6. The fourth-order valence-corrected chi connectivity index (χ4v) is 3.88. The molecule has 0 aliphatic carbocycles. The van der Waals surface area contributed by atoms with E-state index in [0.29, 0.717) is 13.1 Å². The number of aryl methyl sites for hydroxylation is 1. The first kappa shape index (κ1) is 18.3. The Labute approximate surface area is 162 Å². The Hall–Kier alpha value is -3.02. The molecule has 1 atom stereocenters. The van der Waals surface area contributed by atoms with E-state index >= 15 is 0 Å². The molecule has 6 heteroatoms. The minimum atomic E-state index is -0.699. The van der Waals surface area contributed by atoms with Crippen molar-refractivity contribution >= 4 is 5.91 Å². The highest BCUT2D eigenvalue weighted by Crippen LogP contribution is 2.33. The lowest BCUT2D eigenvalue weighted by atomic mass is 9.90. The molecule has 4 nitrogen and oxygen atoms in total. The lowest BCUT2D eigenvalue weighted by Gasteiger charge is -2.33. The minimum absolute atomic E-state index is 0.0623. The Morgan fingerprint density at radius 1 is 1.21 bits per heavy atom. The molecule has 1 N–H and O–H groups in total. The van der Waals surface area contributed by atoms with Gasteiger partial charge in [-0.2, -0.15) is 5.10 Å². The molecule has 1 aliphatic heterocycles. The van der Waals surface area contributed by atoms with Crippen LogP contribution in [0, 0.1) is 18.6 Å². The summed E-state index contributed by atoms with van der Waals surface area (Å²) >= 11 is 0. The Bertz CT molecular complexity index is 1010. The molecule has 0 radical (unpaired) electrons. The van der Waals surface area contributed by atoms with Gasteiger partial charge in [-0.1, -0.05) is 29.8 Å². The Balaban J connectivity index is 1.59. The summed E-state index contributed by atoms with van der Waals surface area (Å²) in [6, 6.07) is 11.2. The first-order valence-corrected chi connectivity index (χ1v) is 9.37. The number of hydrogen-bond donors (Lipinski definition) is 1. The van der Waals surface area contributed by atoms with Crippen LogP contribution in [-0.4, -0.2) is 34.1 Å². The Kier molecular flexibility index (Phi) is 4.94. The number of carbonyl (C=O) groups excluding carboxylic acids is 1. The standard InChI is InChI=1S/C22H21F2N3O/c1-14-4-2-5-15(10-14)19-12-25-26-21(19)16-6-3-9-27(13-16)22(28)18-11-17(23)7-8-20(18)24/h2,4-5,7-8,10-12,16H,3,6,9,13H2,1H3,(H,25,26). The van der Waals surface area contributed by atoms with Gasteiger partial charge >= 0.3 is 0 Å². The van der Waals surface area contributed by atoms with E-state index in [0.717, 1.165) is 53.4 Å². The number of piperidine rings is 1.